The molecule has 2 saturated heterocycles. The molecule has 0 unspecified atom stereocenters. The summed E-state index contributed by atoms with van der Waals surface area (Å²) in [5.74, 6) is -12.0. The quantitative estimate of drug-likeness (QED) is 0.100. The standard InChI is InChI=1S/C44H31Cl2F9N4O7/c1-65-32-11-19(12-33(66-2)35(32)60)3-10-29-26-8-9-27-34(39(63)58(37(27)61)25-14-21(42(47,48)49)13-22(15-25)43(50,51)52)28(26)17-30-38(62)59(40(64)41(29,30)20-4-6-24(45)7-5-20)57-36-31(46)16-23(18-56-36)44(53,54)55/h3-8,10-16,18,27-30,34,60H,9,17H2,1-2H3,(H,56,57)/t27-,28+,29-,30-,34-,41-/m0/s1. The van der Waals surface area contributed by atoms with Gasteiger partial charge >= 0.3 is 18.5 Å². The second-order valence-corrected chi connectivity index (χ2v) is 16.7. The predicted octanol–water partition coefficient (Wildman–Crippen LogP) is 9.90. The third-order valence-corrected chi connectivity index (χ3v) is 13.0. The zero-order valence-corrected chi connectivity index (χ0v) is 35.3. The van der Waals surface area contributed by atoms with Gasteiger partial charge < -0.3 is 14.6 Å². The van der Waals surface area contributed by atoms with Gasteiger partial charge in [0, 0.05) is 17.1 Å². The zero-order valence-electron chi connectivity index (χ0n) is 33.8. The van der Waals surface area contributed by atoms with Crippen molar-refractivity contribution in [2.45, 2.75) is 36.8 Å². The lowest BCUT2D eigenvalue weighted by Crippen LogP contribution is -2.54. The summed E-state index contributed by atoms with van der Waals surface area (Å²) in [5.41, 5.74) is -4.54. The van der Waals surface area contributed by atoms with Crippen LogP contribution in [-0.4, -0.2) is 52.9 Å². The number of phenolic OH excluding ortho intramolecular Hbond substituents is 1. The van der Waals surface area contributed by atoms with Crippen molar-refractivity contribution in [2.75, 3.05) is 24.5 Å². The third kappa shape index (κ3) is 7.56. The lowest BCUT2D eigenvalue weighted by molar-refractivity contribution is -0.143. The second kappa shape index (κ2) is 16.3. The number of aromatic nitrogens is 1. The highest BCUT2D eigenvalue weighted by Gasteiger charge is 2.70. The number of amides is 4. The van der Waals surface area contributed by atoms with E-state index in [9.17, 15) is 59.0 Å². The van der Waals surface area contributed by atoms with Gasteiger partial charge in [-0.15, -0.1) is 0 Å². The number of hydrogen-bond acceptors (Lipinski definition) is 9. The average Bonchev–Trinajstić information content (AvgIpc) is 3.63. The number of imide groups is 2. The Morgan fingerprint density at radius 1 is 0.788 bits per heavy atom. The number of halogens is 11. The molecule has 3 fully saturated rings. The number of rotatable bonds is 8. The molecule has 2 N–H and O–H groups in total. The van der Waals surface area contributed by atoms with Crippen molar-refractivity contribution in [3.05, 3.63) is 122 Å². The highest BCUT2D eigenvalue weighted by Crippen LogP contribution is 2.62. The van der Waals surface area contributed by atoms with Gasteiger partial charge in [-0.2, -0.15) is 44.5 Å². The van der Waals surface area contributed by atoms with Crippen molar-refractivity contribution in [3.8, 4) is 17.2 Å². The maximum Gasteiger partial charge on any atom is 0.417 e. The number of benzene rings is 3. The number of nitrogens with zero attached hydrogens (tertiary/aromatic N) is 3. The average molecular weight is 970 g/mol. The highest BCUT2D eigenvalue weighted by molar-refractivity contribution is 6.33. The van der Waals surface area contributed by atoms with Gasteiger partial charge in [0.1, 0.15) is 0 Å². The van der Waals surface area contributed by atoms with Crippen LogP contribution in [0.15, 0.2) is 84.6 Å². The first kappa shape index (κ1) is 46.3. The Morgan fingerprint density at radius 2 is 1.38 bits per heavy atom. The zero-order chi connectivity index (χ0) is 48.0. The minimum absolute atomic E-state index is 0.0395. The second-order valence-electron chi connectivity index (χ2n) is 15.9. The number of fused-ring (bicyclic) bond motifs is 4. The van der Waals surface area contributed by atoms with Gasteiger partial charge in [-0.25, -0.2) is 9.88 Å². The number of pyridine rings is 1. The topological polar surface area (TPSA) is 138 Å². The van der Waals surface area contributed by atoms with Crippen LogP contribution in [0.3, 0.4) is 0 Å². The number of alkyl halides is 9. The normalized spacial score (nSPS) is 24.4. The predicted molar refractivity (Wildman–Crippen MR) is 217 cm³/mol. The number of hydrazine groups is 1. The van der Waals surface area contributed by atoms with Crippen LogP contribution in [0.2, 0.25) is 10.0 Å². The van der Waals surface area contributed by atoms with E-state index in [1.165, 1.54) is 68.8 Å². The Kier molecular flexibility index (Phi) is 11.4. The van der Waals surface area contributed by atoms with Gasteiger partial charge in [-0.3, -0.25) is 24.6 Å². The van der Waals surface area contributed by atoms with Gasteiger partial charge in [-0.1, -0.05) is 59.1 Å². The molecule has 0 radical (unpaired) electrons. The molecule has 4 aliphatic rings. The molecule has 1 aromatic heterocycles. The molecular weight excluding hydrogens is 938 g/mol. The number of phenols is 1. The molecule has 0 spiro atoms. The van der Waals surface area contributed by atoms with E-state index in [-0.39, 0.29) is 62.9 Å². The first-order valence-electron chi connectivity index (χ1n) is 19.6. The molecule has 2 aliphatic heterocycles. The molecule has 4 amide bonds. The van der Waals surface area contributed by atoms with Crippen molar-refractivity contribution in [1.82, 2.24) is 9.99 Å². The summed E-state index contributed by atoms with van der Waals surface area (Å²) in [5, 5.41) is 10.7. The summed E-state index contributed by atoms with van der Waals surface area (Å²) in [7, 11) is 2.54. The number of hydrogen-bond donors (Lipinski definition) is 2. The van der Waals surface area contributed by atoms with Gasteiger partial charge in [0.25, 0.3) is 11.8 Å². The van der Waals surface area contributed by atoms with E-state index in [0.717, 1.165) is 0 Å². The van der Waals surface area contributed by atoms with Crippen LogP contribution in [0.25, 0.3) is 6.08 Å². The Bertz CT molecular complexity index is 2700. The van der Waals surface area contributed by atoms with Crippen LogP contribution in [0, 0.1) is 29.6 Å². The minimum Gasteiger partial charge on any atom is -0.502 e. The van der Waals surface area contributed by atoms with E-state index in [1.54, 1.807) is 0 Å². The SMILES string of the molecule is COc1cc(C=C[C@H]2C3=CC[C@@H]4C(=O)N(c5cc(C(F)(F)F)cc(C(F)(F)F)c5)C(=O)[C@@H]4[C@@H]3C[C@H]3C(=O)N(Nc4ncc(C(F)(F)F)cc4Cl)C(=O)[C@@]23c2ccc(Cl)cc2)cc(OC)c1O. The van der Waals surface area contributed by atoms with E-state index < -0.39 is 117 Å². The Morgan fingerprint density at radius 3 is 1.92 bits per heavy atom. The molecule has 66 heavy (non-hydrogen) atoms. The molecule has 3 aromatic carbocycles. The van der Waals surface area contributed by atoms with E-state index in [0.29, 0.717) is 22.8 Å². The van der Waals surface area contributed by atoms with Crippen molar-refractivity contribution >= 4 is 64.4 Å². The summed E-state index contributed by atoms with van der Waals surface area (Å²) in [6.45, 7) is 0. The lowest BCUT2D eigenvalue weighted by Gasteiger charge is -2.49. The molecule has 346 valence electrons. The molecular formula is C44H31Cl2F9N4O7. The minimum atomic E-state index is -5.32. The number of methoxy groups -OCH3 is 2. The van der Waals surface area contributed by atoms with Crippen LogP contribution >= 0.6 is 23.2 Å². The fourth-order valence-electron chi connectivity index (χ4n) is 9.57. The van der Waals surface area contributed by atoms with E-state index in [4.69, 9.17) is 32.7 Å². The summed E-state index contributed by atoms with van der Waals surface area (Å²) >= 11 is 12.5. The summed E-state index contributed by atoms with van der Waals surface area (Å²) in [4.78, 5) is 63.0. The van der Waals surface area contributed by atoms with Crippen LogP contribution < -0.4 is 19.8 Å². The van der Waals surface area contributed by atoms with Gasteiger partial charge in [0.15, 0.2) is 17.3 Å². The molecule has 22 heteroatoms. The van der Waals surface area contributed by atoms with Gasteiger partial charge in [0.05, 0.1) is 64.8 Å². The lowest BCUT2D eigenvalue weighted by atomic mass is 9.50. The smallest absolute Gasteiger partial charge is 0.417 e. The van der Waals surface area contributed by atoms with Crippen LogP contribution in [0.5, 0.6) is 17.2 Å². The fraction of sp³-hybridized carbons (Fsp3) is 0.295. The third-order valence-electron chi connectivity index (χ3n) is 12.4. The van der Waals surface area contributed by atoms with Crippen molar-refractivity contribution in [3.63, 3.8) is 0 Å². The molecule has 3 heterocycles. The summed E-state index contributed by atoms with van der Waals surface area (Å²) < 4.78 is 135. The van der Waals surface area contributed by atoms with Crippen LogP contribution in [-0.2, 0) is 43.1 Å². The molecule has 6 atom stereocenters. The largest absolute Gasteiger partial charge is 0.502 e. The number of anilines is 2. The monoisotopic (exact) mass is 968 g/mol. The number of carbonyl (C=O) groups excluding carboxylic acids is 4. The van der Waals surface area contributed by atoms with Gasteiger partial charge in [0.2, 0.25) is 17.6 Å². The molecule has 2 aliphatic carbocycles. The molecule has 4 aromatic rings. The molecule has 1 saturated carbocycles. The number of allylic oxidation sites excluding steroid dienone is 3. The maximum absolute atomic E-state index is 15.4. The Labute approximate surface area is 377 Å². The number of nitrogens with one attached hydrogen (secondary N) is 1. The molecule has 0 bridgehead atoms. The highest BCUT2D eigenvalue weighted by atomic mass is 35.5. The van der Waals surface area contributed by atoms with E-state index in [1.807, 2.05) is 0 Å². The van der Waals surface area contributed by atoms with E-state index >= 15 is 4.79 Å². The maximum atomic E-state index is 15.4. The number of ether oxygens (including phenoxy) is 2. The Hall–Kier alpha value is -6.28. The van der Waals surface area contributed by atoms with Crippen molar-refractivity contribution < 1.29 is 73.3 Å². The van der Waals surface area contributed by atoms with Crippen LogP contribution in [0.1, 0.15) is 40.7 Å². The first-order chi connectivity index (χ1) is 30.9. The Balaban J connectivity index is 1.30. The number of aromatic hydroxyl groups is 1. The molecule has 8 rings (SSSR count). The summed E-state index contributed by atoms with van der Waals surface area (Å²) in [6, 6.07) is 9.49. The van der Waals surface area contributed by atoms with Gasteiger partial charge in [-0.05, 0) is 78.4 Å². The summed E-state index contributed by atoms with van der Waals surface area (Å²) in [6.07, 6.45) is -11.3. The van der Waals surface area contributed by atoms with Crippen molar-refractivity contribution in [2.24, 2.45) is 29.6 Å². The fourth-order valence-corrected chi connectivity index (χ4v) is 9.90. The first-order valence-corrected chi connectivity index (χ1v) is 20.3. The van der Waals surface area contributed by atoms with Crippen LogP contribution in [0.4, 0.5) is 51.0 Å². The number of carbonyl (C=O) groups is 4. The van der Waals surface area contributed by atoms with E-state index in [2.05, 4.69) is 10.4 Å². The molecule has 11 nitrogen and oxygen atoms in total. The van der Waals surface area contributed by atoms with Crippen molar-refractivity contribution in [1.29, 1.82) is 0 Å².